The summed E-state index contributed by atoms with van der Waals surface area (Å²) in [5.41, 5.74) is 2.54. The van der Waals surface area contributed by atoms with Crippen molar-refractivity contribution in [3.05, 3.63) is 71.0 Å². The average molecular weight is 296 g/mol. The largest absolute Gasteiger partial charge is 0.341 e. The van der Waals surface area contributed by atoms with Gasteiger partial charge in [-0.3, -0.25) is 4.79 Å². The van der Waals surface area contributed by atoms with Crippen LogP contribution in [-0.4, -0.2) is 17.9 Å². The number of carbonyl (C=O) groups is 1. The maximum absolute atomic E-state index is 12.8. The fourth-order valence-corrected chi connectivity index (χ4v) is 2.14. The highest BCUT2D eigenvalue weighted by molar-refractivity contribution is 5.76. The van der Waals surface area contributed by atoms with Gasteiger partial charge in [-0.1, -0.05) is 24.3 Å². The van der Waals surface area contributed by atoms with Crippen LogP contribution in [0.1, 0.15) is 23.1 Å². The van der Waals surface area contributed by atoms with Gasteiger partial charge in [0, 0.05) is 20.0 Å². The third-order valence-electron chi connectivity index (χ3n) is 3.47. The minimum Gasteiger partial charge on any atom is -0.341 e. The molecule has 0 unspecified atom stereocenters. The molecule has 0 fully saturated rings. The number of halogens is 1. The van der Waals surface area contributed by atoms with Crippen LogP contribution < -0.4 is 0 Å². The van der Waals surface area contributed by atoms with Crippen molar-refractivity contribution in [3.63, 3.8) is 0 Å². The molecule has 0 aliphatic rings. The Morgan fingerprint density at radius 1 is 1.09 bits per heavy atom. The maximum atomic E-state index is 12.8. The van der Waals surface area contributed by atoms with Crippen LogP contribution in [0.2, 0.25) is 0 Å². The zero-order valence-electron chi connectivity index (χ0n) is 12.4. The number of amides is 1. The molecule has 2 rings (SSSR count). The third kappa shape index (κ3) is 4.42. The number of rotatable bonds is 5. The molecule has 0 saturated heterocycles. The summed E-state index contributed by atoms with van der Waals surface area (Å²) in [6, 6.07) is 15.5. The monoisotopic (exact) mass is 296 g/mol. The summed E-state index contributed by atoms with van der Waals surface area (Å²) < 4.78 is 12.8. The lowest BCUT2D eigenvalue weighted by molar-refractivity contribution is -0.130. The second-order valence-electron chi connectivity index (χ2n) is 5.18. The SMILES string of the molecule is CN(Cc1ccc(F)cc1)C(=O)CCc1ccc(C#N)cc1. The van der Waals surface area contributed by atoms with E-state index in [9.17, 15) is 9.18 Å². The van der Waals surface area contributed by atoms with Crippen LogP contribution in [0, 0.1) is 17.1 Å². The molecule has 0 bridgehead atoms. The standard InChI is InChI=1S/C18H17FN2O/c1-21(13-16-6-9-17(19)10-7-16)18(22)11-8-14-2-4-15(12-20)5-3-14/h2-7,9-10H,8,11,13H2,1H3. The molecule has 0 aromatic heterocycles. The molecule has 0 saturated carbocycles. The molecule has 0 radical (unpaired) electrons. The zero-order chi connectivity index (χ0) is 15.9. The smallest absolute Gasteiger partial charge is 0.222 e. The van der Waals surface area contributed by atoms with E-state index >= 15 is 0 Å². The van der Waals surface area contributed by atoms with E-state index in [0.29, 0.717) is 24.9 Å². The van der Waals surface area contributed by atoms with Gasteiger partial charge in [0.2, 0.25) is 5.91 Å². The molecule has 0 heterocycles. The molecule has 0 N–H and O–H groups in total. The number of nitriles is 1. The van der Waals surface area contributed by atoms with E-state index in [0.717, 1.165) is 11.1 Å². The van der Waals surface area contributed by atoms with Crippen molar-refractivity contribution < 1.29 is 9.18 Å². The number of benzene rings is 2. The van der Waals surface area contributed by atoms with Crippen LogP contribution in [0.4, 0.5) is 4.39 Å². The minimum absolute atomic E-state index is 0.0358. The molecule has 2 aromatic rings. The molecule has 0 aliphatic carbocycles. The van der Waals surface area contributed by atoms with Gasteiger partial charge in [0.1, 0.15) is 5.82 Å². The summed E-state index contributed by atoms with van der Waals surface area (Å²) >= 11 is 0. The van der Waals surface area contributed by atoms with E-state index in [1.807, 2.05) is 12.1 Å². The molecule has 2 aromatic carbocycles. The Morgan fingerprint density at radius 3 is 2.27 bits per heavy atom. The van der Waals surface area contributed by atoms with Crippen LogP contribution in [0.5, 0.6) is 0 Å². The summed E-state index contributed by atoms with van der Waals surface area (Å²) in [7, 11) is 1.74. The third-order valence-corrected chi connectivity index (χ3v) is 3.47. The Kier molecular flexibility index (Phi) is 5.26. The topological polar surface area (TPSA) is 44.1 Å². The van der Waals surface area contributed by atoms with Gasteiger partial charge in [-0.05, 0) is 41.8 Å². The van der Waals surface area contributed by atoms with Crippen molar-refractivity contribution in [3.8, 4) is 6.07 Å². The quantitative estimate of drug-likeness (QED) is 0.850. The Hall–Kier alpha value is -2.67. The first-order valence-electron chi connectivity index (χ1n) is 7.06. The first-order valence-corrected chi connectivity index (χ1v) is 7.06. The molecule has 1 amide bonds. The van der Waals surface area contributed by atoms with Crippen molar-refractivity contribution in [1.82, 2.24) is 4.90 Å². The van der Waals surface area contributed by atoms with Crippen LogP contribution in [0.3, 0.4) is 0 Å². The molecular formula is C18H17FN2O. The summed E-state index contributed by atoms with van der Waals surface area (Å²) in [5.74, 6) is -0.243. The van der Waals surface area contributed by atoms with Gasteiger partial charge in [0.15, 0.2) is 0 Å². The fraction of sp³-hybridized carbons (Fsp3) is 0.222. The average Bonchev–Trinajstić information content (AvgIpc) is 2.55. The molecular weight excluding hydrogens is 279 g/mol. The second kappa shape index (κ2) is 7.37. The number of hydrogen-bond acceptors (Lipinski definition) is 2. The van der Waals surface area contributed by atoms with Gasteiger partial charge < -0.3 is 4.90 Å². The first-order chi connectivity index (χ1) is 10.6. The summed E-state index contributed by atoms with van der Waals surface area (Å²) in [6.07, 6.45) is 1.04. The van der Waals surface area contributed by atoms with E-state index < -0.39 is 0 Å². The molecule has 0 aliphatic heterocycles. The molecule has 112 valence electrons. The Bertz CT molecular complexity index is 672. The highest BCUT2D eigenvalue weighted by atomic mass is 19.1. The van der Waals surface area contributed by atoms with Gasteiger partial charge >= 0.3 is 0 Å². The summed E-state index contributed by atoms with van der Waals surface area (Å²) in [5, 5.41) is 8.74. The summed E-state index contributed by atoms with van der Waals surface area (Å²) in [4.78, 5) is 13.7. The fourth-order valence-electron chi connectivity index (χ4n) is 2.14. The van der Waals surface area contributed by atoms with E-state index in [-0.39, 0.29) is 11.7 Å². The van der Waals surface area contributed by atoms with Crippen LogP contribution in [0.25, 0.3) is 0 Å². The van der Waals surface area contributed by atoms with Gasteiger partial charge in [-0.15, -0.1) is 0 Å². The molecule has 3 nitrogen and oxygen atoms in total. The lowest BCUT2D eigenvalue weighted by Gasteiger charge is -2.17. The zero-order valence-corrected chi connectivity index (χ0v) is 12.4. The number of aryl methyl sites for hydroxylation is 1. The van der Waals surface area contributed by atoms with E-state index in [2.05, 4.69) is 6.07 Å². The van der Waals surface area contributed by atoms with Crippen molar-refractivity contribution in [2.45, 2.75) is 19.4 Å². The number of hydrogen-bond donors (Lipinski definition) is 0. The normalized spacial score (nSPS) is 10.0. The number of carbonyl (C=O) groups excluding carboxylic acids is 1. The van der Waals surface area contributed by atoms with Gasteiger partial charge in [0.25, 0.3) is 0 Å². The molecule has 4 heteroatoms. The Labute approximate surface area is 129 Å². The van der Waals surface area contributed by atoms with Gasteiger partial charge in [-0.2, -0.15) is 5.26 Å². The van der Waals surface area contributed by atoms with Crippen LogP contribution in [-0.2, 0) is 17.8 Å². The minimum atomic E-state index is -0.279. The lowest BCUT2D eigenvalue weighted by atomic mass is 10.1. The predicted octanol–water partition coefficient (Wildman–Crippen LogP) is 3.29. The highest BCUT2D eigenvalue weighted by Crippen LogP contribution is 2.09. The van der Waals surface area contributed by atoms with Crippen LogP contribution in [0.15, 0.2) is 48.5 Å². The molecule has 22 heavy (non-hydrogen) atoms. The first kappa shape index (κ1) is 15.7. The van der Waals surface area contributed by atoms with Crippen LogP contribution >= 0.6 is 0 Å². The van der Waals surface area contributed by atoms with E-state index in [1.165, 1.54) is 12.1 Å². The Morgan fingerprint density at radius 2 is 1.68 bits per heavy atom. The molecule has 0 spiro atoms. The van der Waals surface area contributed by atoms with Crippen molar-refractivity contribution >= 4 is 5.91 Å². The van der Waals surface area contributed by atoms with Gasteiger partial charge in [0.05, 0.1) is 11.6 Å². The van der Waals surface area contributed by atoms with Crippen molar-refractivity contribution in [2.75, 3.05) is 7.05 Å². The highest BCUT2D eigenvalue weighted by Gasteiger charge is 2.09. The van der Waals surface area contributed by atoms with Crippen molar-refractivity contribution in [2.24, 2.45) is 0 Å². The second-order valence-corrected chi connectivity index (χ2v) is 5.18. The van der Waals surface area contributed by atoms with Crippen molar-refractivity contribution in [1.29, 1.82) is 5.26 Å². The lowest BCUT2D eigenvalue weighted by Crippen LogP contribution is -2.26. The predicted molar refractivity (Wildman–Crippen MR) is 82.4 cm³/mol. The Balaban J connectivity index is 1.85. The molecule has 0 atom stereocenters. The van der Waals surface area contributed by atoms with E-state index in [1.54, 1.807) is 36.2 Å². The summed E-state index contributed by atoms with van der Waals surface area (Å²) in [6.45, 7) is 0.465. The number of nitrogens with zero attached hydrogens (tertiary/aromatic N) is 2. The van der Waals surface area contributed by atoms with E-state index in [4.69, 9.17) is 5.26 Å². The van der Waals surface area contributed by atoms with Gasteiger partial charge in [-0.25, -0.2) is 4.39 Å². The maximum Gasteiger partial charge on any atom is 0.222 e.